The van der Waals surface area contributed by atoms with Crippen LogP contribution in [0.3, 0.4) is 0 Å². The summed E-state index contributed by atoms with van der Waals surface area (Å²) in [5, 5.41) is 17.3. The second-order valence-corrected chi connectivity index (χ2v) is 24.8. The summed E-state index contributed by atoms with van der Waals surface area (Å²) in [6.07, 6.45) is 14.5. The minimum atomic E-state index is -0.607. The molecule has 4 heterocycles. The SMILES string of the molecule is CN[C@@H](C)C(=O)N[C@H](C(=O)N1CCC[C@@H]1CN(CCc1ccccc1)C(=O)c1csc(-c2ccc(-c3nc(C(=O)N(CCc4ccccc4)C[C@@H]4CCCN4C(=O)[C@@H](NC(=O)[C@H](C)NC)C4CCCCC4)cs3)cc2)n1)C1CCCCC1. The topological polar surface area (TPSA) is 189 Å². The Balaban J connectivity index is 0.887. The highest BCUT2D eigenvalue weighted by Crippen LogP contribution is 2.34. The van der Waals surface area contributed by atoms with E-state index in [1.807, 2.05) is 91.0 Å². The number of hydrogen-bond donors (Lipinski definition) is 4. The molecule has 2 saturated heterocycles. The van der Waals surface area contributed by atoms with E-state index in [9.17, 15) is 28.8 Å². The van der Waals surface area contributed by atoms with E-state index in [1.165, 1.54) is 22.7 Å². The molecule has 82 heavy (non-hydrogen) atoms. The van der Waals surface area contributed by atoms with Crippen LogP contribution in [0.1, 0.15) is 136 Å². The highest BCUT2D eigenvalue weighted by Gasteiger charge is 2.42. The van der Waals surface area contributed by atoms with Gasteiger partial charge in [0.15, 0.2) is 0 Å². The van der Waals surface area contributed by atoms with Gasteiger partial charge in [0.25, 0.3) is 11.8 Å². The summed E-state index contributed by atoms with van der Waals surface area (Å²) in [6.45, 7) is 6.39. The monoisotopic (exact) mass is 1150 g/mol. The summed E-state index contributed by atoms with van der Waals surface area (Å²) < 4.78 is 0. The molecule has 2 saturated carbocycles. The maximum absolute atomic E-state index is 14.7. The van der Waals surface area contributed by atoms with E-state index in [-0.39, 0.29) is 59.4 Å². The summed E-state index contributed by atoms with van der Waals surface area (Å²) >= 11 is 2.81. The fourth-order valence-corrected chi connectivity index (χ4v) is 14.1. The molecule has 5 aromatic rings. The Morgan fingerprint density at radius 1 is 0.524 bits per heavy atom. The number of carbonyl (C=O) groups is 6. The largest absolute Gasteiger partial charge is 0.343 e. The fourth-order valence-electron chi connectivity index (χ4n) is 12.5. The molecule has 4 N–H and O–H groups in total. The highest BCUT2D eigenvalue weighted by molar-refractivity contribution is 7.13. The van der Waals surface area contributed by atoms with E-state index < -0.39 is 24.2 Å². The van der Waals surface area contributed by atoms with Crippen LogP contribution in [-0.4, -0.2) is 155 Å². The quantitative estimate of drug-likeness (QED) is 0.0466. The molecular formula is C64H84N10O6S2. The van der Waals surface area contributed by atoms with E-state index in [1.54, 1.807) is 27.9 Å². The van der Waals surface area contributed by atoms with Crippen molar-refractivity contribution in [1.82, 2.24) is 50.8 Å². The van der Waals surface area contributed by atoms with Gasteiger partial charge in [-0.05, 0) is 115 Å². The average molecular weight is 1150 g/mol. The van der Waals surface area contributed by atoms with Crippen molar-refractivity contribution in [2.45, 2.75) is 153 Å². The molecule has 2 aromatic heterocycles. The Hall–Kier alpha value is -6.34. The summed E-state index contributed by atoms with van der Waals surface area (Å²) in [5.41, 5.74) is 4.61. The average Bonchev–Trinajstić information content (AvgIpc) is 4.55. The molecule has 0 spiro atoms. The molecule has 2 aliphatic carbocycles. The Labute approximate surface area is 492 Å². The van der Waals surface area contributed by atoms with E-state index >= 15 is 0 Å². The second-order valence-electron chi connectivity index (χ2n) is 23.1. The van der Waals surface area contributed by atoms with Gasteiger partial charge in [-0.25, -0.2) is 9.97 Å². The number of benzene rings is 3. The first kappa shape index (κ1) is 60.3. The normalized spacial score (nSPS) is 19.3. The number of rotatable bonds is 24. The van der Waals surface area contributed by atoms with E-state index in [4.69, 9.17) is 9.97 Å². The van der Waals surface area contributed by atoms with Crippen LogP contribution in [0.5, 0.6) is 0 Å². The molecular weight excluding hydrogens is 1070 g/mol. The van der Waals surface area contributed by atoms with Crippen molar-refractivity contribution in [1.29, 1.82) is 0 Å². The highest BCUT2D eigenvalue weighted by atomic mass is 32.1. The van der Waals surface area contributed by atoms with Gasteiger partial charge in [0.1, 0.15) is 33.5 Å². The van der Waals surface area contributed by atoms with Gasteiger partial charge in [-0.1, -0.05) is 123 Å². The minimum Gasteiger partial charge on any atom is -0.343 e. The number of carbonyl (C=O) groups excluding carboxylic acids is 6. The maximum atomic E-state index is 14.7. The zero-order chi connectivity index (χ0) is 57.5. The standard InChI is InChI=1S/C64H84N10O6S2/c1-43(65-3)57(75)69-55(47-23-13-7-14-24-47)63(79)73-35-17-27-51(73)39-71(37-33-45-19-9-5-10-20-45)61(77)53-41-81-59(67-53)49-29-31-50(32-30-49)60-68-54(42-82-60)62(78)72(38-34-46-21-11-6-12-22-46)40-52-28-18-36-74(52)64(80)56(48-25-15-8-16-26-48)70-58(76)44(2)66-4/h5-6,9-12,19-22,29-32,41-44,47-48,51-52,55-56,65-66H,7-8,13-18,23-28,33-40H2,1-4H3,(H,69,75)(H,70,76)/t43-,44-,51-,52+,55-,56-/m0/s1. The molecule has 438 valence electrons. The number of thiazole rings is 2. The van der Waals surface area contributed by atoms with Crippen LogP contribution in [0, 0.1) is 11.8 Å². The van der Waals surface area contributed by atoms with Crippen LogP contribution in [0.15, 0.2) is 95.7 Å². The van der Waals surface area contributed by atoms with Crippen molar-refractivity contribution in [3.8, 4) is 21.1 Å². The van der Waals surface area contributed by atoms with Gasteiger partial charge in [0, 0.05) is 73.2 Å². The van der Waals surface area contributed by atoms with Crippen LogP contribution >= 0.6 is 22.7 Å². The predicted molar refractivity (Wildman–Crippen MR) is 324 cm³/mol. The molecule has 0 radical (unpaired) electrons. The Bertz CT molecular complexity index is 2710. The third-order valence-electron chi connectivity index (χ3n) is 17.6. The first-order chi connectivity index (χ1) is 39.9. The first-order valence-corrected chi connectivity index (χ1v) is 31.9. The van der Waals surface area contributed by atoms with Crippen molar-refractivity contribution in [3.63, 3.8) is 0 Å². The Kier molecular flexibility index (Phi) is 21.5. The summed E-state index contributed by atoms with van der Waals surface area (Å²) in [6, 6.07) is 25.6. The molecule has 0 bridgehead atoms. The van der Waals surface area contributed by atoms with Crippen molar-refractivity contribution >= 4 is 58.1 Å². The molecule has 6 atom stereocenters. The van der Waals surface area contributed by atoms with Crippen molar-refractivity contribution in [2.24, 2.45) is 11.8 Å². The zero-order valence-corrected chi connectivity index (χ0v) is 50.0. The smallest absolute Gasteiger partial charge is 0.273 e. The summed E-state index contributed by atoms with van der Waals surface area (Å²) in [4.78, 5) is 103. The first-order valence-electron chi connectivity index (χ1n) is 30.1. The van der Waals surface area contributed by atoms with Gasteiger partial charge in [-0.2, -0.15) is 0 Å². The van der Waals surface area contributed by atoms with E-state index in [0.29, 0.717) is 73.5 Å². The number of likely N-dealkylation sites (tertiary alicyclic amines) is 2. The summed E-state index contributed by atoms with van der Waals surface area (Å²) in [7, 11) is 3.49. The molecule has 6 amide bonds. The van der Waals surface area contributed by atoms with Crippen LogP contribution in [0.4, 0.5) is 0 Å². The number of likely N-dealkylation sites (N-methyl/N-ethyl adjacent to an activating group) is 2. The lowest BCUT2D eigenvalue weighted by molar-refractivity contribution is -0.139. The molecule has 4 aliphatic rings. The third kappa shape index (κ3) is 15.3. The van der Waals surface area contributed by atoms with Crippen molar-refractivity contribution in [3.05, 3.63) is 118 Å². The molecule has 3 aromatic carbocycles. The Morgan fingerprint density at radius 3 is 1.27 bits per heavy atom. The van der Waals surface area contributed by atoms with Gasteiger partial charge in [-0.15, -0.1) is 22.7 Å². The molecule has 4 fully saturated rings. The number of aromatic nitrogens is 2. The molecule has 16 nitrogen and oxygen atoms in total. The zero-order valence-electron chi connectivity index (χ0n) is 48.4. The lowest BCUT2D eigenvalue weighted by Gasteiger charge is -2.37. The van der Waals surface area contributed by atoms with E-state index in [2.05, 4.69) is 45.5 Å². The van der Waals surface area contributed by atoms with Gasteiger partial charge in [0.2, 0.25) is 23.6 Å². The van der Waals surface area contributed by atoms with Gasteiger partial charge < -0.3 is 40.9 Å². The van der Waals surface area contributed by atoms with Crippen LogP contribution in [-0.2, 0) is 32.0 Å². The van der Waals surface area contributed by atoms with Crippen LogP contribution < -0.4 is 21.3 Å². The van der Waals surface area contributed by atoms with Crippen molar-refractivity contribution in [2.75, 3.05) is 53.4 Å². The summed E-state index contributed by atoms with van der Waals surface area (Å²) in [5.74, 6) is -0.695. The number of nitrogens with one attached hydrogen (secondary N) is 4. The Morgan fingerprint density at radius 2 is 0.902 bits per heavy atom. The minimum absolute atomic E-state index is 0.0505. The second kappa shape index (κ2) is 29.3. The lowest BCUT2D eigenvalue weighted by atomic mass is 9.83. The van der Waals surface area contributed by atoms with Gasteiger partial charge in [-0.3, -0.25) is 28.8 Å². The molecule has 18 heteroatoms. The fraction of sp³-hybridized carbons (Fsp3) is 0.531. The van der Waals surface area contributed by atoms with Crippen LogP contribution in [0.25, 0.3) is 21.1 Å². The predicted octanol–water partition coefficient (Wildman–Crippen LogP) is 8.63. The van der Waals surface area contributed by atoms with Crippen LogP contribution in [0.2, 0.25) is 0 Å². The van der Waals surface area contributed by atoms with Gasteiger partial charge in [0.05, 0.1) is 12.1 Å². The van der Waals surface area contributed by atoms with Gasteiger partial charge >= 0.3 is 0 Å². The molecule has 0 unspecified atom stereocenters. The number of nitrogens with zero attached hydrogens (tertiary/aromatic N) is 6. The number of amides is 6. The maximum Gasteiger partial charge on any atom is 0.273 e. The van der Waals surface area contributed by atoms with Crippen molar-refractivity contribution < 1.29 is 28.8 Å². The van der Waals surface area contributed by atoms with E-state index in [0.717, 1.165) is 112 Å². The number of hydrogen-bond acceptors (Lipinski definition) is 12. The molecule has 9 rings (SSSR count). The lowest BCUT2D eigenvalue weighted by Crippen LogP contribution is -2.57. The molecule has 2 aliphatic heterocycles. The third-order valence-corrected chi connectivity index (χ3v) is 19.4.